The summed E-state index contributed by atoms with van der Waals surface area (Å²) in [4.78, 5) is 16.1. The average molecular weight is 281 g/mol. The van der Waals surface area contributed by atoms with Gasteiger partial charge in [0.15, 0.2) is 11.6 Å². The van der Waals surface area contributed by atoms with Crippen molar-refractivity contribution in [3.8, 4) is 0 Å². The molecule has 0 saturated heterocycles. The van der Waals surface area contributed by atoms with Crippen molar-refractivity contribution in [1.82, 2.24) is 10.3 Å². The van der Waals surface area contributed by atoms with Gasteiger partial charge in [-0.1, -0.05) is 26.7 Å². The minimum Gasteiger partial charge on any atom is -0.368 e. The molecule has 1 aromatic rings. The highest BCUT2D eigenvalue weighted by Gasteiger charge is 2.20. The summed E-state index contributed by atoms with van der Waals surface area (Å²) < 4.78 is 14.1. The molecule has 0 aliphatic heterocycles. The van der Waals surface area contributed by atoms with Crippen LogP contribution >= 0.6 is 0 Å². The number of halogens is 1. The summed E-state index contributed by atoms with van der Waals surface area (Å²) in [6.07, 6.45) is 3.41. The molecule has 1 heterocycles. The molecule has 2 N–H and O–H groups in total. The Bertz CT molecular complexity index is 447. The Morgan fingerprint density at radius 3 is 2.55 bits per heavy atom. The number of carbonyl (C=O) groups is 1. The molecule has 0 aromatic carbocycles. The molecule has 1 unspecified atom stereocenters. The van der Waals surface area contributed by atoms with E-state index >= 15 is 0 Å². The van der Waals surface area contributed by atoms with Crippen molar-refractivity contribution >= 4 is 11.7 Å². The van der Waals surface area contributed by atoms with Crippen LogP contribution < -0.4 is 10.6 Å². The van der Waals surface area contributed by atoms with E-state index in [1.807, 2.05) is 13.8 Å². The minimum absolute atomic E-state index is 0.0210. The molecule has 0 fully saturated rings. The van der Waals surface area contributed by atoms with E-state index in [1.54, 1.807) is 0 Å². The standard InChI is InChI=1S/C15H24FN3O/c1-5-11(6-2)10(4)19-15(20)12-8-9-18-14(13(12)16)17-7-3/h8-11H,5-7H2,1-4H3,(H,17,18)(H,19,20). The number of hydrogen-bond donors (Lipinski definition) is 2. The van der Waals surface area contributed by atoms with Gasteiger partial charge in [-0.25, -0.2) is 9.37 Å². The monoisotopic (exact) mass is 281 g/mol. The SMILES string of the molecule is CCNc1nccc(C(=O)NC(C)C(CC)CC)c1F. The Hall–Kier alpha value is -1.65. The van der Waals surface area contributed by atoms with Crippen molar-refractivity contribution in [3.05, 3.63) is 23.6 Å². The highest BCUT2D eigenvalue weighted by atomic mass is 19.1. The van der Waals surface area contributed by atoms with Crippen LogP contribution in [0.15, 0.2) is 12.3 Å². The first-order chi connectivity index (χ1) is 9.54. The van der Waals surface area contributed by atoms with Crippen LogP contribution in [0.1, 0.15) is 50.9 Å². The van der Waals surface area contributed by atoms with Gasteiger partial charge in [0.1, 0.15) is 0 Å². The fraction of sp³-hybridized carbons (Fsp3) is 0.600. The topological polar surface area (TPSA) is 54.0 Å². The molecule has 5 heteroatoms. The molecule has 20 heavy (non-hydrogen) atoms. The zero-order valence-electron chi connectivity index (χ0n) is 12.7. The van der Waals surface area contributed by atoms with E-state index in [1.165, 1.54) is 12.3 Å². The molecular weight excluding hydrogens is 257 g/mol. The van der Waals surface area contributed by atoms with Gasteiger partial charge in [0, 0.05) is 18.8 Å². The van der Waals surface area contributed by atoms with E-state index in [0.29, 0.717) is 12.5 Å². The minimum atomic E-state index is -0.594. The molecule has 1 amide bonds. The highest BCUT2D eigenvalue weighted by molar-refractivity contribution is 5.95. The van der Waals surface area contributed by atoms with E-state index < -0.39 is 5.82 Å². The average Bonchev–Trinajstić information content (AvgIpc) is 2.42. The third kappa shape index (κ3) is 3.92. The van der Waals surface area contributed by atoms with Crippen molar-refractivity contribution < 1.29 is 9.18 Å². The van der Waals surface area contributed by atoms with Crippen LogP contribution in [0.3, 0.4) is 0 Å². The Morgan fingerprint density at radius 1 is 1.35 bits per heavy atom. The van der Waals surface area contributed by atoms with Crippen molar-refractivity contribution in [2.75, 3.05) is 11.9 Å². The molecule has 0 bridgehead atoms. The fourth-order valence-electron chi connectivity index (χ4n) is 2.31. The third-order valence-corrected chi connectivity index (χ3v) is 3.59. The Balaban J connectivity index is 2.85. The number of pyridine rings is 1. The lowest BCUT2D eigenvalue weighted by Gasteiger charge is -2.22. The van der Waals surface area contributed by atoms with Gasteiger partial charge in [0.25, 0.3) is 5.91 Å². The first-order valence-electron chi connectivity index (χ1n) is 7.24. The lowest BCUT2D eigenvalue weighted by Crippen LogP contribution is -2.38. The van der Waals surface area contributed by atoms with Gasteiger partial charge in [-0.2, -0.15) is 0 Å². The third-order valence-electron chi connectivity index (χ3n) is 3.59. The Kier molecular flexibility index (Phi) is 6.42. The molecule has 0 aliphatic rings. The van der Waals surface area contributed by atoms with Crippen LogP contribution in [-0.2, 0) is 0 Å². The molecule has 0 radical (unpaired) electrons. The number of rotatable bonds is 7. The maximum atomic E-state index is 14.1. The molecule has 112 valence electrons. The summed E-state index contributed by atoms with van der Waals surface area (Å²) in [5, 5.41) is 5.68. The van der Waals surface area contributed by atoms with Crippen LogP contribution in [-0.4, -0.2) is 23.5 Å². The van der Waals surface area contributed by atoms with E-state index in [-0.39, 0.29) is 23.3 Å². The fourth-order valence-corrected chi connectivity index (χ4v) is 2.31. The molecule has 1 rings (SSSR count). The molecule has 0 spiro atoms. The van der Waals surface area contributed by atoms with Gasteiger partial charge in [-0.3, -0.25) is 4.79 Å². The summed E-state index contributed by atoms with van der Waals surface area (Å²) in [7, 11) is 0. The van der Waals surface area contributed by atoms with Crippen LogP contribution in [0.5, 0.6) is 0 Å². The molecule has 1 atom stereocenters. The number of aromatic nitrogens is 1. The van der Waals surface area contributed by atoms with Crippen molar-refractivity contribution in [2.24, 2.45) is 5.92 Å². The van der Waals surface area contributed by atoms with E-state index in [9.17, 15) is 9.18 Å². The van der Waals surface area contributed by atoms with Crippen LogP contribution in [0.4, 0.5) is 10.2 Å². The molecule has 0 saturated carbocycles. The zero-order chi connectivity index (χ0) is 15.1. The number of hydrogen-bond acceptors (Lipinski definition) is 3. The highest BCUT2D eigenvalue weighted by Crippen LogP contribution is 2.17. The molecule has 4 nitrogen and oxygen atoms in total. The first kappa shape index (κ1) is 16.4. The smallest absolute Gasteiger partial charge is 0.254 e. The molecule has 1 aromatic heterocycles. The number of carbonyl (C=O) groups excluding carboxylic acids is 1. The second-order valence-electron chi connectivity index (χ2n) is 4.89. The summed E-state index contributed by atoms with van der Waals surface area (Å²) in [6, 6.07) is 1.43. The van der Waals surface area contributed by atoms with Crippen LogP contribution in [0.25, 0.3) is 0 Å². The first-order valence-corrected chi connectivity index (χ1v) is 7.24. The predicted octanol–water partition coefficient (Wildman–Crippen LogP) is 3.21. The van der Waals surface area contributed by atoms with E-state index in [4.69, 9.17) is 0 Å². The summed E-state index contributed by atoms with van der Waals surface area (Å²) >= 11 is 0. The lowest BCUT2D eigenvalue weighted by atomic mass is 9.95. The van der Waals surface area contributed by atoms with Gasteiger partial charge >= 0.3 is 0 Å². The van der Waals surface area contributed by atoms with Gasteiger partial charge < -0.3 is 10.6 Å². The number of nitrogens with one attached hydrogen (secondary N) is 2. The maximum absolute atomic E-state index is 14.1. The number of amides is 1. The van der Waals surface area contributed by atoms with Gasteiger partial charge in [0.05, 0.1) is 5.56 Å². The molecule has 0 aliphatic carbocycles. The van der Waals surface area contributed by atoms with Gasteiger partial charge in [-0.05, 0) is 25.8 Å². The lowest BCUT2D eigenvalue weighted by molar-refractivity contribution is 0.0921. The normalized spacial score (nSPS) is 12.3. The Morgan fingerprint density at radius 2 is 2.00 bits per heavy atom. The van der Waals surface area contributed by atoms with E-state index in [2.05, 4.69) is 29.5 Å². The molecular formula is C15H24FN3O. The largest absolute Gasteiger partial charge is 0.368 e. The van der Waals surface area contributed by atoms with Gasteiger partial charge in [0.2, 0.25) is 0 Å². The zero-order valence-corrected chi connectivity index (χ0v) is 12.7. The number of anilines is 1. The summed E-state index contributed by atoms with van der Waals surface area (Å²) in [6.45, 7) is 8.54. The summed E-state index contributed by atoms with van der Waals surface area (Å²) in [5.41, 5.74) is 0.0359. The van der Waals surface area contributed by atoms with Crippen LogP contribution in [0, 0.1) is 11.7 Å². The van der Waals surface area contributed by atoms with Crippen molar-refractivity contribution in [3.63, 3.8) is 0 Å². The second-order valence-corrected chi connectivity index (χ2v) is 4.89. The Labute approximate surface area is 120 Å². The van der Waals surface area contributed by atoms with Crippen molar-refractivity contribution in [2.45, 2.75) is 46.6 Å². The van der Waals surface area contributed by atoms with Gasteiger partial charge in [-0.15, -0.1) is 0 Å². The van der Waals surface area contributed by atoms with E-state index in [0.717, 1.165) is 12.8 Å². The maximum Gasteiger partial charge on any atom is 0.254 e. The van der Waals surface area contributed by atoms with Crippen molar-refractivity contribution in [1.29, 1.82) is 0 Å². The van der Waals surface area contributed by atoms with Crippen LogP contribution in [0.2, 0.25) is 0 Å². The number of nitrogens with zero attached hydrogens (tertiary/aromatic N) is 1. The summed E-state index contributed by atoms with van der Waals surface area (Å²) in [5.74, 6) is -0.459. The predicted molar refractivity (Wildman–Crippen MR) is 79.4 cm³/mol. The second kappa shape index (κ2) is 7.82. The quantitative estimate of drug-likeness (QED) is 0.807.